The number of amides is 1. The van der Waals surface area contributed by atoms with Gasteiger partial charge in [0.25, 0.3) is 0 Å². The maximum atomic E-state index is 12.8. The summed E-state index contributed by atoms with van der Waals surface area (Å²) in [6, 6.07) is 12.2. The third-order valence-corrected chi connectivity index (χ3v) is 6.12. The Morgan fingerprint density at radius 2 is 1.71 bits per heavy atom. The van der Waals surface area contributed by atoms with Crippen LogP contribution in [-0.4, -0.2) is 26.6 Å². The Hall–Kier alpha value is -2.34. The van der Waals surface area contributed by atoms with Crippen LogP contribution in [0, 0.1) is 13.8 Å². The Morgan fingerprint density at radius 3 is 2.25 bits per heavy atom. The van der Waals surface area contributed by atoms with E-state index < -0.39 is 16.1 Å². The van der Waals surface area contributed by atoms with E-state index in [-0.39, 0.29) is 5.91 Å². The zero-order valence-electron chi connectivity index (χ0n) is 17.3. The maximum Gasteiger partial charge on any atom is 0.247 e. The molecule has 152 valence electrons. The predicted octanol–water partition coefficient (Wildman–Crippen LogP) is 4.44. The molecule has 1 atom stereocenters. The number of sulfonamides is 1. The summed E-state index contributed by atoms with van der Waals surface area (Å²) in [4.78, 5) is 12.8. The molecule has 1 N–H and O–H groups in total. The van der Waals surface area contributed by atoms with Crippen LogP contribution in [0.3, 0.4) is 0 Å². The highest BCUT2D eigenvalue weighted by Crippen LogP contribution is 2.24. The lowest BCUT2D eigenvalue weighted by Crippen LogP contribution is -2.45. The summed E-state index contributed by atoms with van der Waals surface area (Å²) < 4.78 is 26.0. The van der Waals surface area contributed by atoms with Crippen molar-refractivity contribution >= 4 is 27.3 Å². The lowest BCUT2D eigenvalue weighted by molar-refractivity contribution is -0.116. The third-order valence-electron chi connectivity index (χ3n) is 4.87. The van der Waals surface area contributed by atoms with Crippen LogP contribution in [0.4, 0.5) is 11.4 Å². The monoisotopic (exact) mass is 402 g/mol. The van der Waals surface area contributed by atoms with Gasteiger partial charge in [-0.3, -0.25) is 9.10 Å². The minimum absolute atomic E-state index is 0.370. The maximum absolute atomic E-state index is 12.8. The highest BCUT2D eigenvalue weighted by molar-refractivity contribution is 7.92. The van der Waals surface area contributed by atoms with Crippen molar-refractivity contribution in [3.63, 3.8) is 0 Å². The molecule has 5 nitrogen and oxygen atoms in total. The van der Waals surface area contributed by atoms with Crippen LogP contribution in [0.15, 0.2) is 42.5 Å². The van der Waals surface area contributed by atoms with Gasteiger partial charge in [0.15, 0.2) is 0 Å². The number of anilines is 2. The first kappa shape index (κ1) is 22.0. The molecule has 0 bridgehead atoms. The molecule has 0 radical (unpaired) electrons. The molecule has 0 spiro atoms. The second-order valence-corrected chi connectivity index (χ2v) is 9.15. The average Bonchev–Trinajstić information content (AvgIpc) is 2.63. The number of carbonyl (C=O) groups excluding carboxylic acids is 1. The van der Waals surface area contributed by atoms with Crippen molar-refractivity contribution in [2.45, 2.75) is 53.0 Å². The molecular weight excluding hydrogens is 372 g/mol. The summed E-state index contributed by atoms with van der Waals surface area (Å²) >= 11 is 0. The Bertz CT molecular complexity index is 921. The first-order valence-corrected chi connectivity index (χ1v) is 11.4. The van der Waals surface area contributed by atoms with Crippen molar-refractivity contribution in [1.82, 2.24) is 0 Å². The predicted molar refractivity (Wildman–Crippen MR) is 116 cm³/mol. The molecule has 0 saturated heterocycles. The van der Waals surface area contributed by atoms with Crippen LogP contribution in [0.1, 0.15) is 43.4 Å². The Kier molecular flexibility index (Phi) is 7.24. The third kappa shape index (κ3) is 5.58. The quantitative estimate of drug-likeness (QED) is 0.710. The SMILES string of the molecule is CCCCc1ccc(NC(=O)[C@@H](C)N(c2ccc(C)c(C)c2)S(C)(=O)=O)cc1. The minimum atomic E-state index is -3.63. The fourth-order valence-electron chi connectivity index (χ4n) is 3.05. The van der Waals surface area contributed by atoms with Crippen molar-refractivity contribution in [2.24, 2.45) is 0 Å². The van der Waals surface area contributed by atoms with E-state index in [9.17, 15) is 13.2 Å². The number of nitrogens with one attached hydrogen (secondary N) is 1. The van der Waals surface area contributed by atoms with Gasteiger partial charge >= 0.3 is 0 Å². The lowest BCUT2D eigenvalue weighted by Gasteiger charge is -2.28. The number of nitrogens with zero attached hydrogens (tertiary/aromatic N) is 1. The molecule has 6 heteroatoms. The summed E-state index contributed by atoms with van der Waals surface area (Å²) in [5.41, 5.74) is 4.41. The average molecular weight is 403 g/mol. The number of hydrogen-bond donors (Lipinski definition) is 1. The van der Waals surface area contributed by atoms with Gasteiger partial charge in [0, 0.05) is 5.69 Å². The van der Waals surface area contributed by atoms with Gasteiger partial charge in [-0.25, -0.2) is 8.42 Å². The Balaban J connectivity index is 2.20. The van der Waals surface area contributed by atoms with Gasteiger partial charge in [0.2, 0.25) is 15.9 Å². The molecule has 0 unspecified atom stereocenters. The Labute approximate surface area is 168 Å². The second-order valence-electron chi connectivity index (χ2n) is 7.29. The van der Waals surface area contributed by atoms with Gasteiger partial charge in [-0.05, 0) is 74.6 Å². The van der Waals surface area contributed by atoms with Crippen LogP contribution < -0.4 is 9.62 Å². The summed E-state index contributed by atoms with van der Waals surface area (Å²) in [5, 5.41) is 2.83. The van der Waals surface area contributed by atoms with Crippen LogP contribution in [0.2, 0.25) is 0 Å². The number of aryl methyl sites for hydroxylation is 3. The highest BCUT2D eigenvalue weighted by Gasteiger charge is 2.29. The van der Waals surface area contributed by atoms with Crippen molar-refractivity contribution in [2.75, 3.05) is 15.9 Å². The van der Waals surface area contributed by atoms with Crippen LogP contribution in [0.5, 0.6) is 0 Å². The van der Waals surface area contributed by atoms with E-state index in [1.54, 1.807) is 19.1 Å². The molecule has 0 fully saturated rings. The molecule has 1 amide bonds. The van der Waals surface area contributed by atoms with Crippen molar-refractivity contribution < 1.29 is 13.2 Å². The van der Waals surface area contributed by atoms with Gasteiger partial charge in [-0.1, -0.05) is 31.5 Å². The molecule has 0 aliphatic heterocycles. The zero-order chi connectivity index (χ0) is 20.9. The molecule has 0 heterocycles. The van der Waals surface area contributed by atoms with Gasteiger partial charge in [-0.15, -0.1) is 0 Å². The molecule has 0 saturated carbocycles. The van der Waals surface area contributed by atoms with Crippen molar-refractivity contribution in [1.29, 1.82) is 0 Å². The fraction of sp³-hybridized carbons (Fsp3) is 0.409. The summed E-state index contributed by atoms with van der Waals surface area (Å²) in [6.45, 7) is 7.63. The molecule has 28 heavy (non-hydrogen) atoms. The summed E-state index contributed by atoms with van der Waals surface area (Å²) in [5.74, 6) is -0.370. The van der Waals surface area contributed by atoms with Gasteiger partial charge < -0.3 is 5.32 Å². The van der Waals surface area contributed by atoms with E-state index in [0.717, 1.165) is 36.6 Å². The standard InChI is InChI=1S/C22H30N2O3S/c1-6-7-8-19-10-12-20(13-11-19)23-22(25)18(4)24(28(5,26)27)21-14-9-16(2)17(3)15-21/h9-15,18H,6-8H2,1-5H3,(H,23,25)/t18-/m1/s1. The van der Waals surface area contributed by atoms with E-state index in [4.69, 9.17) is 0 Å². The van der Waals surface area contributed by atoms with Crippen molar-refractivity contribution in [3.8, 4) is 0 Å². The summed E-state index contributed by atoms with van der Waals surface area (Å²) in [6.07, 6.45) is 4.39. The molecule has 0 aliphatic carbocycles. The second kappa shape index (κ2) is 9.24. The zero-order valence-corrected chi connectivity index (χ0v) is 18.1. The number of rotatable bonds is 8. The van der Waals surface area contributed by atoms with Crippen molar-refractivity contribution in [3.05, 3.63) is 59.2 Å². The lowest BCUT2D eigenvalue weighted by atomic mass is 10.1. The minimum Gasteiger partial charge on any atom is -0.324 e. The first-order chi connectivity index (χ1) is 13.1. The molecule has 2 aromatic rings. The topological polar surface area (TPSA) is 66.5 Å². The molecule has 0 aromatic heterocycles. The number of hydrogen-bond acceptors (Lipinski definition) is 3. The van der Waals surface area contributed by atoms with Gasteiger partial charge in [0.05, 0.1) is 11.9 Å². The van der Waals surface area contributed by atoms with E-state index in [2.05, 4.69) is 12.2 Å². The molecule has 2 rings (SSSR count). The van der Waals surface area contributed by atoms with Gasteiger partial charge in [0.1, 0.15) is 6.04 Å². The van der Waals surface area contributed by atoms with E-state index in [1.165, 1.54) is 9.87 Å². The normalized spacial score (nSPS) is 12.5. The first-order valence-electron chi connectivity index (χ1n) is 9.60. The number of benzene rings is 2. The van der Waals surface area contributed by atoms with Crippen LogP contribution >= 0.6 is 0 Å². The summed E-state index contributed by atoms with van der Waals surface area (Å²) in [7, 11) is -3.63. The molecular formula is C22H30N2O3S. The van der Waals surface area contributed by atoms with E-state index in [1.807, 2.05) is 44.2 Å². The number of carbonyl (C=O) groups is 1. The van der Waals surface area contributed by atoms with Crippen LogP contribution in [0.25, 0.3) is 0 Å². The molecule has 2 aromatic carbocycles. The molecule has 0 aliphatic rings. The Morgan fingerprint density at radius 1 is 1.07 bits per heavy atom. The number of unbranched alkanes of at least 4 members (excludes halogenated alkanes) is 1. The van der Waals surface area contributed by atoms with Crippen LogP contribution in [-0.2, 0) is 21.2 Å². The van der Waals surface area contributed by atoms with Gasteiger partial charge in [-0.2, -0.15) is 0 Å². The van der Waals surface area contributed by atoms with E-state index >= 15 is 0 Å². The fourth-order valence-corrected chi connectivity index (χ4v) is 4.22. The largest absolute Gasteiger partial charge is 0.324 e. The van der Waals surface area contributed by atoms with E-state index in [0.29, 0.717) is 11.4 Å². The highest BCUT2D eigenvalue weighted by atomic mass is 32.2. The smallest absolute Gasteiger partial charge is 0.247 e.